The number of carbonyl (C=O) groups is 1. The molecule has 32 heavy (non-hydrogen) atoms. The van der Waals surface area contributed by atoms with E-state index in [0.717, 1.165) is 29.8 Å². The number of rotatable bonds is 12. The van der Waals surface area contributed by atoms with Gasteiger partial charge in [0.2, 0.25) is 0 Å². The van der Waals surface area contributed by atoms with Gasteiger partial charge in [-0.15, -0.1) is 0 Å². The maximum absolute atomic E-state index is 13.2. The average Bonchev–Trinajstić information content (AvgIpc) is 2.80. The molecule has 1 aliphatic heterocycles. The summed E-state index contributed by atoms with van der Waals surface area (Å²) in [5, 5.41) is 0. The molecule has 2 heterocycles. The van der Waals surface area contributed by atoms with Gasteiger partial charge in [-0.1, -0.05) is 44.2 Å². The van der Waals surface area contributed by atoms with Crippen molar-refractivity contribution < 1.29 is 23.7 Å². The first-order chi connectivity index (χ1) is 15.4. The molecule has 0 unspecified atom stereocenters. The molecule has 1 aromatic heterocycles. The Morgan fingerprint density at radius 3 is 2.50 bits per heavy atom. The van der Waals surface area contributed by atoms with E-state index in [-0.39, 0.29) is 25.5 Å². The zero-order valence-electron chi connectivity index (χ0n) is 19.7. The zero-order valence-corrected chi connectivity index (χ0v) is 19.7. The number of hydrogen-bond acceptors (Lipinski definition) is 6. The van der Waals surface area contributed by atoms with Crippen LogP contribution in [0.5, 0.6) is 5.75 Å². The molecule has 3 rings (SSSR count). The number of nitrogens with zero attached hydrogens (tertiary/aromatic N) is 2. The predicted molar refractivity (Wildman–Crippen MR) is 121 cm³/mol. The first-order valence-electron chi connectivity index (χ1n) is 10.9. The minimum Gasteiger partial charge on any atom is -0.496 e. The molecule has 1 saturated heterocycles. The van der Waals surface area contributed by atoms with Gasteiger partial charge < -0.3 is 23.8 Å². The van der Waals surface area contributed by atoms with E-state index in [0.29, 0.717) is 12.3 Å². The Labute approximate surface area is 190 Å². The molecular weight excluding hydrogens is 408 g/mol. The molecule has 0 saturated carbocycles. The van der Waals surface area contributed by atoms with Gasteiger partial charge in [-0.2, -0.15) is 0 Å². The molecule has 1 amide bonds. The molecule has 1 aliphatic rings. The van der Waals surface area contributed by atoms with Crippen LogP contribution in [0.3, 0.4) is 0 Å². The molecule has 7 nitrogen and oxygen atoms in total. The third-order valence-electron chi connectivity index (χ3n) is 5.84. The second kappa shape index (κ2) is 10.9. The van der Waals surface area contributed by atoms with Crippen molar-refractivity contribution in [2.45, 2.75) is 44.8 Å². The lowest BCUT2D eigenvalue weighted by molar-refractivity contribution is -0.235. The second-order valence-electron chi connectivity index (χ2n) is 8.61. The number of amides is 1. The first-order valence-corrected chi connectivity index (χ1v) is 10.9. The van der Waals surface area contributed by atoms with Crippen LogP contribution in [-0.4, -0.2) is 62.3 Å². The summed E-state index contributed by atoms with van der Waals surface area (Å²) < 4.78 is 22.2. The summed E-state index contributed by atoms with van der Waals surface area (Å²) in [5.41, 5.74) is 1.89. The Morgan fingerprint density at radius 1 is 1.12 bits per heavy atom. The summed E-state index contributed by atoms with van der Waals surface area (Å²) in [6, 6.07) is 12.0. The normalized spacial score (nSPS) is 20.5. The summed E-state index contributed by atoms with van der Waals surface area (Å²) >= 11 is 0. The maximum Gasteiger partial charge on any atom is 0.259 e. The van der Waals surface area contributed by atoms with E-state index in [2.05, 4.69) is 31.0 Å². The highest BCUT2D eigenvalue weighted by Gasteiger charge is 2.62. The van der Waals surface area contributed by atoms with Crippen molar-refractivity contribution in [2.24, 2.45) is 5.92 Å². The highest BCUT2D eigenvalue weighted by molar-refractivity contribution is 5.93. The third kappa shape index (κ3) is 5.11. The lowest BCUT2D eigenvalue weighted by Gasteiger charge is -2.55. The van der Waals surface area contributed by atoms with Crippen molar-refractivity contribution in [1.82, 2.24) is 9.88 Å². The lowest BCUT2D eigenvalue weighted by atomic mass is 9.75. The van der Waals surface area contributed by atoms with Crippen LogP contribution < -0.4 is 4.74 Å². The van der Waals surface area contributed by atoms with Crippen LogP contribution in [0.1, 0.15) is 37.1 Å². The number of likely N-dealkylation sites (tertiary alicyclic amines) is 1. The van der Waals surface area contributed by atoms with Crippen LogP contribution in [-0.2, 0) is 31.8 Å². The zero-order chi connectivity index (χ0) is 23.1. The van der Waals surface area contributed by atoms with E-state index < -0.39 is 5.60 Å². The van der Waals surface area contributed by atoms with Crippen LogP contribution in [0.15, 0.2) is 42.6 Å². The molecule has 0 spiro atoms. The fraction of sp³-hybridized carbons (Fsp3) is 0.520. The number of methoxy groups -OCH3 is 3. The number of aromatic nitrogens is 1. The molecule has 2 atom stereocenters. The molecule has 1 fully saturated rings. The Hall–Kier alpha value is -2.48. The number of β-lactam (4-membered cyclic amide) rings is 1. The minimum absolute atomic E-state index is 0.0321. The van der Waals surface area contributed by atoms with Gasteiger partial charge in [0.05, 0.1) is 13.2 Å². The van der Waals surface area contributed by atoms with Crippen molar-refractivity contribution in [2.75, 3.05) is 34.9 Å². The van der Waals surface area contributed by atoms with Gasteiger partial charge in [-0.05, 0) is 17.9 Å². The molecule has 7 heteroatoms. The van der Waals surface area contributed by atoms with Gasteiger partial charge in [0.25, 0.3) is 5.91 Å². The Morgan fingerprint density at radius 2 is 1.88 bits per heavy atom. The van der Waals surface area contributed by atoms with Crippen LogP contribution in [0.25, 0.3) is 0 Å². The summed E-state index contributed by atoms with van der Waals surface area (Å²) in [4.78, 5) is 19.7. The highest BCUT2D eigenvalue weighted by Crippen LogP contribution is 2.41. The summed E-state index contributed by atoms with van der Waals surface area (Å²) in [7, 11) is 4.80. The average molecular weight is 443 g/mol. The van der Waals surface area contributed by atoms with E-state index in [1.165, 1.54) is 5.56 Å². The van der Waals surface area contributed by atoms with E-state index in [9.17, 15) is 4.79 Å². The lowest BCUT2D eigenvalue weighted by Crippen LogP contribution is -2.76. The number of hydrogen-bond donors (Lipinski definition) is 0. The predicted octanol–water partition coefficient (Wildman–Crippen LogP) is 3.44. The van der Waals surface area contributed by atoms with Crippen molar-refractivity contribution in [3.05, 3.63) is 59.4 Å². The smallest absolute Gasteiger partial charge is 0.259 e. The van der Waals surface area contributed by atoms with E-state index in [4.69, 9.17) is 18.9 Å². The molecule has 0 N–H and O–H groups in total. The molecule has 0 aliphatic carbocycles. The second-order valence-corrected chi connectivity index (χ2v) is 8.61. The maximum atomic E-state index is 13.2. The fourth-order valence-electron chi connectivity index (χ4n) is 4.34. The van der Waals surface area contributed by atoms with Gasteiger partial charge in [-0.3, -0.25) is 9.78 Å². The van der Waals surface area contributed by atoms with E-state index in [1.54, 1.807) is 26.2 Å². The van der Waals surface area contributed by atoms with Crippen LogP contribution in [0, 0.1) is 5.92 Å². The van der Waals surface area contributed by atoms with Crippen LogP contribution >= 0.6 is 0 Å². The van der Waals surface area contributed by atoms with Gasteiger partial charge >= 0.3 is 0 Å². The monoisotopic (exact) mass is 442 g/mol. The summed E-state index contributed by atoms with van der Waals surface area (Å²) in [5.74, 6) is 1.03. The minimum atomic E-state index is -1.03. The molecular formula is C25H34N2O5. The van der Waals surface area contributed by atoms with E-state index in [1.807, 2.05) is 30.5 Å². The highest BCUT2D eigenvalue weighted by atomic mass is 16.7. The standard InChI is InChI=1S/C25H34N2O5/c1-18(2)11-23-25(32-17-30-4,24(28)27(23)16-29-3)14-21-13-22(31-5)20(15-26-21)12-19-9-7-6-8-10-19/h6-10,13,15,18,23H,11-12,14,16-17H2,1-5H3/t23-,25+/m0/s1. The molecule has 0 radical (unpaired) electrons. The Kier molecular flexibility index (Phi) is 8.23. The van der Waals surface area contributed by atoms with Crippen LogP contribution in [0.4, 0.5) is 0 Å². The summed E-state index contributed by atoms with van der Waals surface area (Å²) in [6.07, 6.45) is 3.69. The van der Waals surface area contributed by atoms with Gasteiger partial charge in [0.1, 0.15) is 19.3 Å². The molecule has 174 valence electrons. The largest absolute Gasteiger partial charge is 0.496 e. The first kappa shape index (κ1) is 24.2. The van der Waals surface area contributed by atoms with E-state index >= 15 is 0 Å². The number of carbonyl (C=O) groups excluding carboxylic acids is 1. The summed E-state index contributed by atoms with van der Waals surface area (Å²) in [6.45, 7) is 4.54. The third-order valence-corrected chi connectivity index (χ3v) is 5.84. The van der Waals surface area contributed by atoms with Crippen molar-refractivity contribution >= 4 is 5.91 Å². The van der Waals surface area contributed by atoms with Gasteiger partial charge in [-0.25, -0.2) is 0 Å². The Balaban J connectivity index is 1.88. The SMILES string of the molecule is COCO[C@@]1(Cc2cc(OC)c(Cc3ccccc3)cn2)C(=O)N(COC)[C@H]1CC(C)C. The topological polar surface area (TPSA) is 70.1 Å². The number of pyridine rings is 1. The van der Waals surface area contributed by atoms with Crippen molar-refractivity contribution in [3.63, 3.8) is 0 Å². The number of benzene rings is 1. The van der Waals surface area contributed by atoms with Gasteiger partial charge in [0, 0.05) is 50.6 Å². The quantitative estimate of drug-likeness (QED) is 0.370. The van der Waals surface area contributed by atoms with Crippen LogP contribution in [0.2, 0.25) is 0 Å². The van der Waals surface area contributed by atoms with Crippen molar-refractivity contribution in [1.29, 1.82) is 0 Å². The fourth-order valence-corrected chi connectivity index (χ4v) is 4.34. The number of ether oxygens (including phenoxy) is 4. The molecule has 2 aromatic rings. The molecule has 0 bridgehead atoms. The Bertz CT molecular complexity index is 889. The van der Waals surface area contributed by atoms with Crippen molar-refractivity contribution in [3.8, 4) is 5.75 Å². The molecule has 1 aromatic carbocycles. The van der Waals surface area contributed by atoms with Gasteiger partial charge in [0.15, 0.2) is 5.60 Å².